The molecule has 0 unspecified atom stereocenters. The van der Waals surface area contributed by atoms with Crippen molar-refractivity contribution in [1.82, 2.24) is 0 Å². The van der Waals surface area contributed by atoms with Crippen molar-refractivity contribution in [3.05, 3.63) is 57.1 Å². The highest BCUT2D eigenvalue weighted by Crippen LogP contribution is 2.36. The van der Waals surface area contributed by atoms with Crippen LogP contribution in [0.4, 0.5) is 10.5 Å². The van der Waals surface area contributed by atoms with Gasteiger partial charge in [0, 0.05) is 4.88 Å². The highest BCUT2D eigenvalue weighted by molar-refractivity contribution is 8.19. The Hall–Kier alpha value is -2.38. The summed E-state index contributed by atoms with van der Waals surface area (Å²) < 4.78 is 0. The molecule has 5 nitrogen and oxygen atoms in total. The number of hydrogen-bond acceptors (Lipinski definition) is 6. The highest BCUT2D eigenvalue weighted by Gasteiger charge is 2.36. The van der Waals surface area contributed by atoms with Gasteiger partial charge in [0.2, 0.25) is 0 Å². The molecule has 3 rings (SSSR count). The third-order valence-corrected chi connectivity index (χ3v) is 4.64. The highest BCUT2D eigenvalue weighted by atomic mass is 32.2. The Bertz CT molecular complexity index is 796. The van der Waals surface area contributed by atoms with Gasteiger partial charge in [-0.25, -0.2) is 4.90 Å². The van der Waals surface area contributed by atoms with Crippen LogP contribution >= 0.6 is 23.1 Å². The normalized spacial score (nSPS) is 16.5. The molecule has 2 amide bonds. The van der Waals surface area contributed by atoms with E-state index in [1.165, 1.54) is 35.6 Å². The minimum absolute atomic E-state index is 0.0845. The van der Waals surface area contributed by atoms with Crippen LogP contribution in [0.1, 0.15) is 15.2 Å². The van der Waals surface area contributed by atoms with Gasteiger partial charge in [-0.1, -0.05) is 18.2 Å². The van der Waals surface area contributed by atoms with Crippen LogP contribution in [0.3, 0.4) is 0 Å². The SMILES string of the molecule is O=C([O-])c1cccc(N2C(=O)S/C(=C\c3cccs3)C2=O)c1. The van der Waals surface area contributed by atoms with Gasteiger partial charge in [0.1, 0.15) is 0 Å². The van der Waals surface area contributed by atoms with Crippen LogP contribution in [-0.2, 0) is 4.79 Å². The minimum Gasteiger partial charge on any atom is -0.545 e. The van der Waals surface area contributed by atoms with E-state index in [1.807, 2.05) is 17.5 Å². The fraction of sp³-hybridized carbons (Fsp3) is 0. The molecule has 0 bridgehead atoms. The van der Waals surface area contributed by atoms with E-state index in [2.05, 4.69) is 0 Å². The number of anilines is 1. The molecule has 2 heterocycles. The average Bonchev–Trinajstić information content (AvgIpc) is 3.08. The Balaban J connectivity index is 1.95. The van der Waals surface area contributed by atoms with E-state index < -0.39 is 17.1 Å². The molecular weight excluding hydrogens is 322 g/mol. The molecule has 2 aromatic rings. The number of carboxylic acid groups (broad SMARTS) is 1. The van der Waals surface area contributed by atoms with Gasteiger partial charge in [-0.3, -0.25) is 9.59 Å². The van der Waals surface area contributed by atoms with Gasteiger partial charge in [0.15, 0.2) is 0 Å². The van der Waals surface area contributed by atoms with Gasteiger partial charge in [0.25, 0.3) is 11.1 Å². The molecule has 1 aliphatic rings. The van der Waals surface area contributed by atoms with E-state index in [0.717, 1.165) is 21.5 Å². The molecule has 0 N–H and O–H groups in total. The first-order chi connectivity index (χ1) is 10.6. The Morgan fingerprint density at radius 3 is 2.68 bits per heavy atom. The zero-order valence-corrected chi connectivity index (χ0v) is 12.6. The summed E-state index contributed by atoms with van der Waals surface area (Å²) in [7, 11) is 0. The lowest BCUT2D eigenvalue weighted by Crippen LogP contribution is -2.28. The van der Waals surface area contributed by atoms with E-state index in [9.17, 15) is 19.5 Å². The number of aromatic carboxylic acids is 1. The van der Waals surface area contributed by atoms with Crippen molar-refractivity contribution in [3.8, 4) is 0 Å². The number of amides is 2. The van der Waals surface area contributed by atoms with Crippen molar-refractivity contribution in [1.29, 1.82) is 0 Å². The van der Waals surface area contributed by atoms with Gasteiger partial charge in [0.05, 0.1) is 16.6 Å². The van der Waals surface area contributed by atoms with Crippen molar-refractivity contribution in [2.45, 2.75) is 0 Å². The molecule has 0 radical (unpaired) electrons. The number of carbonyl (C=O) groups is 3. The molecule has 0 saturated carbocycles. The second-order valence-electron chi connectivity index (χ2n) is 4.37. The lowest BCUT2D eigenvalue weighted by Gasteiger charge is -2.14. The average molecular weight is 330 g/mol. The monoisotopic (exact) mass is 330 g/mol. The number of imide groups is 1. The molecule has 0 atom stereocenters. The number of thiophene rings is 1. The predicted octanol–water partition coefficient (Wildman–Crippen LogP) is 2.35. The van der Waals surface area contributed by atoms with Gasteiger partial charge in [-0.05, 0) is 47.0 Å². The van der Waals surface area contributed by atoms with Crippen molar-refractivity contribution < 1.29 is 19.5 Å². The summed E-state index contributed by atoms with van der Waals surface area (Å²) in [6.45, 7) is 0. The van der Waals surface area contributed by atoms with Gasteiger partial charge < -0.3 is 9.90 Å². The number of carbonyl (C=O) groups excluding carboxylic acids is 3. The molecule has 0 spiro atoms. The first-order valence-electron chi connectivity index (χ1n) is 6.19. The van der Waals surface area contributed by atoms with Crippen LogP contribution in [0.2, 0.25) is 0 Å². The Kier molecular flexibility index (Phi) is 3.82. The zero-order chi connectivity index (χ0) is 15.7. The van der Waals surface area contributed by atoms with Crippen LogP contribution in [0.25, 0.3) is 6.08 Å². The molecule has 1 aromatic heterocycles. The summed E-state index contributed by atoms with van der Waals surface area (Å²) in [6, 6.07) is 9.27. The predicted molar refractivity (Wildman–Crippen MR) is 83.5 cm³/mol. The van der Waals surface area contributed by atoms with E-state index >= 15 is 0 Å². The van der Waals surface area contributed by atoms with E-state index in [1.54, 1.807) is 6.08 Å². The smallest absolute Gasteiger partial charge is 0.298 e. The van der Waals surface area contributed by atoms with Gasteiger partial charge in [-0.15, -0.1) is 11.3 Å². The minimum atomic E-state index is -1.36. The molecule has 110 valence electrons. The summed E-state index contributed by atoms with van der Waals surface area (Å²) in [5.41, 5.74) is 0.137. The number of carboxylic acids is 1. The number of nitrogens with zero attached hydrogens (tertiary/aromatic N) is 1. The Labute approximate surface area is 133 Å². The van der Waals surface area contributed by atoms with Crippen molar-refractivity contribution in [2.24, 2.45) is 0 Å². The molecule has 1 fully saturated rings. The summed E-state index contributed by atoms with van der Waals surface area (Å²) >= 11 is 2.29. The third kappa shape index (κ3) is 2.68. The molecule has 1 aliphatic heterocycles. The number of hydrogen-bond donors (Lipinski definition) is 0. The Morgan fingerprint density at radius 2 is 2.00 bits per heavy atom. The fourth-order valence-electron chi connectivity index (χ4n) is 1.96. The summed E-state index contributed by atoms with van der Waals surface area (Å²) in [6.07, 6.45) is 1.65. The first-order valence-corrected chi connectivity index (χ1v) is 7.89. The molecule has 1 aromatic carbocycles. The van der Waals surface area contributed by atoms with E-state index in [0.29, 0.717) is 4.91 Å². The molecule has 1 saturated heterocycles. The van der Waals surface area contributed by atoms with Crippen LogP contribution < -0.4 is 10.0 Å². The molecule has 7 heteroatoms. The Morgan fingerprint density at radius 1 is 1.18 bits per heavy atom. The number of thioether (sulfide) groups is 1. The van der Waals surface area contributed by atoms with Crippen molar-refractivity contribution in [3.63, 3.8) is 0 Å². The van der Waals surface area contributed by atoms with Crippen LogP contribution in [0.15, 0.2) is 46.7 Å². The zero-order valence-electron chi connectivity index (χ0n) is 11.0. The standard InChI is InChI=1S/C15H9NO4S2/c17-13-12(8-11-5-2-6-21-11)22-15(20)16(13)10-4-1-3-9(7-10)14(18)19/h1-8H,(H,18,19)/p-1/b12-8-. The lowest BCUT2D eigenvalue weighted by molar-refractivity contribution is -0.255. The topological polar surface area (TPSA) is 77.5 Å². The second kappa shape index (κ2) is 5.78. The molecule has 22 heavy (non-hydrogen) atoms. The molecular formula is C15H8NO4S2-. The maximum atomic E-state index is 12.4. The third-order valence-electron chi connectivity index (χ3n) is 2.95. The van der Waals surface area contributed by atoms with Gasteiger partial charge >= 0.3 is 0 Å². The maximum absolute atomic E-state index is 12.4. The summed E-state index contributed by atoms with van der Waals surface area (Å²) in [4.78, 5) is 37.5. The maximum Gasteiger partial charge on any atom is 0.298 e. The number of benzene rings is 1. The van der Waals surface area contributed by atoms with E-state index in [-0.39, 0.29) is 11.3 Å². The quantitative estimate of drug-likeness (QED) is 0.807. The van der Waals surface area contributed by atoms with Crippen LogP contribution in [0.5, 0.6) is 0 Å². The van der Waals surface area contributed by atoms with Crippen LogP contribution in [0, 0.1) is 0 Å². The first kappa shape index (κ1) is 14.6. The fourth-order valence-corrected chi connectivity index (χ4v) is 3.53. The van der Waals surface area contributed by atoms with E-state index in [4.69, 9.17) is 0 Å². The van der Waals surface area contributed by atoms with Crippen molar-refractivity contribution >= 4 is 52.0 Å². The lowest BCUT2D eigenvalue weighted by atomic mass is 10.2. The van der Waals surface area contributed by atoms with Crippen LogP contribution in [-0.4, -0.2) is 17.1 Å². The summed E-state index contributed by atoms with van der Waals surface area (Å²) in [5.74, 6) is -1.82. The number of rotatable bonds is 3. The summed E-state index contributed by atoms with van der Waals surface area (Å²) in [5, 5.41) is 12.3. The van der Waals surface area contributed by atoms with Crippen molar-refractivity contribution in [2.75, 3.05) is 4.90 Å². The largest absolute Gasteiger partial charge is 0.545 e. The molecule has 0 aliphatic carbocycles. The second-order valence-corrected chi connectivity index (χ2v) is 6.34. The van der Waals surface area contributed by atoms with Gasteiger partial charge in [-0.2, -0.15) is 0 Å².